The molecular weight excluding hydrogens is 99.1 g/mol. The summed E-state index contributed by atoms with van der Waals surface area (Å²) in [6, 6.07) is 0. The Bertz CT molecular complexity index is 27.5. The molecule has 0 amide bonds. The van der Waals surface area contributed by atoms with Crippen molar-refractivity contribution in [2.75, 3.05) is 0 Å². The van der Waals surface area contributed by atoms with Crippen LogP contribution in [0.3, 0.4) is 0 Å². The van der Waals surface area contributed by atoms with Gasteiger partial charge in [0.2, 0.25) is 0 Å². The van der Waals surface area contributed by atoms with Gasteiger partial charge in [-0.15, -0.1) is 0 Å². The van der Waals surface area contributed by atoms with Gasteiger partial charge in [-0.2, -0.15) is 0 Å². The molecule has 0 aromatic carbocycles. The number of hydrogen-bond donors (Lipinski definition) is 1. The van der Waals surface area contributed by atoms with Crippen molar-refractivity contribution in [1.29, 1.82) is 0 Å². The van der Waals surface area contributed by atoms with Crippen LogP contribution in [0.25, 0.3) is 0 Å². The van der Waals surface area contributed by atoms with Gasteiger partial charge >= 0.3 is 36.0 Å². The van der Waals surface area contributed by atoms with E-state index in [0.29, 0.717) is 0 Å². The van der Waals surface area contributed by atoms with E-state index in [1.165, 1.54) is 0 Å². The van der Waals surface area contributed by atoms with Crippen LogP contribution in [0.15, 0.2) is 0 Å². The van der Waals surface area contributed by atoms with Gasteiger partial charge in [-0.05, 0) is 0 Å². The molecule has 0 fully saturated rings. The summed E-state index contributed by atoms with van der Waals surface area (Å²) in [7, 11) is 0. The Morgan fingerprint density at radius 1 is 2.00 bits per heavy atom. The molecule has 0 aliphatic heterocycles. The molecule has 0 rings (SSSR count). The third-order valence-corrected chi connectivity index (χ3v) is 0.129. The molecule has 0 atom stereocenters. The molecule has 0 unspecified atom stereocenters. The van der Waals surface area contributed by atoms with Crippen LogP contribution < -0.4 is 29.6 Å². The second-order valence-electron chi connectivity index (χ2n) is 0.202. The zero-order valence-electron chi connectivity index (χ0n) is 3.84. The number of rotatable bonds is 1. The Morgan fingerprint density at radius 2 is 2.20 bits per heavy atom. The summed E-state index contributed by atoms with van der Waals surface area (Å²) in [5.41, 5.74) is 0. The van der Waals surface area contributed by atoms with Gasteiger partial charge in [0.25, 0.3) is 0 Å². The van der Waals surface area contributed by atoms with E-state index < -0.39 is 0 Å². The van der Waals surface area contributed by atoms with Gasteiger partial charge in [0.05, 0.1) is 0 Å². The fourth-order valence-corrected chi connectivity index (χ4v) is 0. The van der Waals surface area contributed by atoms with Gasteiger partial charge < -0.3 is 5.61 Å². The fourth-order valence-electron chi connectivity index (χ4n) is 0. The van der Waals surface area contributed by atoms with E-state index in [-0.39, 0.29) is 37.5 Å². The standard InChI is InChI=1S/CH2O2S.Na.H/c2-1-3-4;;/h1,4H;;/q;+1;-1. The SMILES string of the molecule is O=COS.[H-].[Na+]. The molecule has 2 nitrogen and oxygen atoms in total. The minimum absolute atomic E-state index is 0. The predicted octanol–water partition coefficient (Wildman–Crippen LogP) is -2.88. The zero-order valence-corrected chi connectivity index (χ0v) is 5.74. The summed E-state index contributed by atoms with van der Waals surface area (Å²) in [5.74, 6) is 0. The largest absolute Gasteiger partial charge is 1.00 e. The van der Waals surface area contributed by atoms with Crippen LogP contribution in [0, 0.1) is 0 Å². The van der Waals surface area contributed by atoms with Crippen LogP contribution in [0.4, 0.5) is 0 Å². The van der Waals surface area contributed by atoms with Gasteiger partial charge in [0, 0.05) is 12.9 Å². The van der Waals surface area contributed by atoms with Gasteiger partial charge in [-0.25, -0.2) is 0 Å². The molecule has 0 aliphatic rings. The van der Waals surface area contributed by atoms with Crippen molar-refractivity contribution >= 4 is 19.4 Å². The maximum Gasteiger partial charge on any atom is 1.00 e. The van der Waals surface area contributed by atoms with Crippen LogP contribution in [0.5, 0.6) is 0 Å². The quantitative estimate of drug-likeness (QED) is 0.167. The average molecular weight is 102 g/mol. The normalized spacial score (nSPS) is 4.20. The maximum absolute atomic E-state index is 8.88. The summed E-state index contributed by atoms with van der Waals surface area (Å²) in [6.07, 6.45) is 0. The second kappa shape index (κ2) is 8.84. The molecule has 0 heterocycles. The molecule has 0 bridgehead atoms. The van der Waals surface area contributed by atoms with Crippen molar-refractivity contribution in [3.63, 3.8) is 0 Å². The summed E-state index contributed by atoms with van der Waals surface area (Å²) in [4.78, 5) is 8.88. The summed E-state index contributed by atoms with van der Waals surface area (Å²) in [6.45, 7) is 0.239. The van der Waals surface area contributed by atoms with E-state index in [1.54, 1.807) is 0 Å². The molecule has 26 valence electrons. The van der Waals surface area contributed by atoms with Crippen molar-refractivity contribution in [2.45, 2.75) is 0 Å². The monoisotopic (exact) mass is 102 g/mol. The maximum atomic E-state index is 8.88. The minimum Gasteiger partial charge on any atom is -1.00 e. The number of carbonyl (C=O) groups excluding carboxylic acids is 1. The molecule has 0 spiro atoms. The van der Waals surface area contributed by atoms with Crippen LogP contribution in [0.1, 0.15) is 1.43 Å². The van der Waals surface area contributed by atoms with Crippen molar-refractivity contribution in [3.8, 4) is 0 Å². The van der Waals surface area contributed by atoms with Crippen LogP contribution in [-0.4, -0.2) is 6.47 Å². The molecule has 5 heavy (non-hydrogen) atoms. The van der Waals surface area contributed by atoms with E-state index in [9.17, 15) is 0 Å². The average Bonchev–Trinajstić information content (AvgIpc) is 1.37. The topological polar surface area (TPSA) is 26.3 Å². The number of carbonyl (C=O) groups is 1. The number of thiol groups is 1. The van der Waals surface area contributed by atoms with Crippen molar-refractivity contribution in [3.05, 3.63) is 0 Å². The zero-order chi connectivity index (χ0) is 3.41. The molecule has 0 saturated carbocycles. The van der Waals surface area contributed by atoms with Gasteiger partial charge in [0.1, 0.15) is 0 Å². The van der Waals surface area contributed by atoms with Crippen LogP contribution >= 0.6 is 12.9 Å². The Balaban J connectivity index is -0.0000000450. The first-order chi connectivity index (χ1) is 1.91. The first kappa shape index (κ1) is 9.27. The molecule has 0 aromatic heterocycles. The summed E-state index contributed by atoms with van der Waals surface area (Å²) >= 11 is 3.05. The molecule has 0 aromatic rings. The van der Waals surface area contributed by atoms with E-state index in [2.05, 4.69) is 17.1 Å². The van der Waals surface area contributed by atoms with Gasteiger partial charge in [-0.1, -0.05) is 0 Å². The first-order valence-corrected chi connectivity index (χ1v) is 1.02. The molecule has 4 heteroatoms. The summed E-state index contributed by atoms with van der Waals surface area (Å²) < 4.78 is 3.56. The van der Waals surface area contributed by atoms with Crippen LogP contribution in [0.2, 0.25) is 0 Å². The van der Waals surface area contributed by atoms with E-state index in [4.69, 9.17) is 4.79 Å². The van der Waals surface area contributed by atoms with Crippen molar-refractivity contribution < 1.29 is 40.0 Å². The minimum atomic E-state index is 0. The second-order valence-corrected chi connectivity index (χ2v) is 0.412. The smallest absolute Gasteiger partial charge is 1.00 e. The van der Waals surface area contributed by atoms with E-state index in [1.807, 2.05) is 0 Å². The predicted molar refractivity (Wildman–Crippen MR) is 17.2 cm³/mol. The Morgan fingerprint density at radius 3 is 2.20 bits per heavy atom. The Hall–Kier alpha value is 0.820. The van der Waals surface area contributed by atoms with Crippen molar-refractivity contribution in [2.24, 2.45) is 0 Å². The summed E-state index contributed by atoms with van der Waals surface area (Å²) in [5, 5.41) is 0. The Labute approximate surface area is 59.3 Å². The first-order valence-electron chi connectivity index (χ1n) is 0.654. The molecule has 0 radical (unpaired) electrons. The molecule has 0 aliphatic carbocycles. The third-order valence-electron chi connectivity index (χ3n) is 0.0430. The van der Waals surface area contributed by atoms with Crippen molar-refractivity contribution in [1.82, 2.24) is 0 Å². The van der Waals surface area contributed by atoms with Gasteiger partial charge in [-0.3, -0.25) is 4.79 Å². The van der Waals surface area contributed by atoms with Gasteiger partial charge in [0.15, 0.2) is 0 Å². The molecule has 0 N–H and O–H groups in total. The third kappa shape index (κ3) is 11.6. The fraction of sp³-hybridized carbons (Fsp3) is 0. The Kier molecular flexibility index (Phi) is 16.4. The molecule has 0 saturated heterocycles. The molecular formula is CH3NaO2S. The van der Waals surface area contributed by atoms with Crippen LogP contribution in [-0.2, 0) is 8.98 Å². The van der Waals surface area contributed by atoms with E-state index >= 15 is 0 Å². The van der Waals surface area contributed by atoms with E-state index in [0.717, 1.165) is 0 Å². The number of hydrogen-bond acceptors (Lipinski definition) is 3.